The van der Waals surface area contributed by atoms with Gasteiger partial charge >= 0.3 is 0 Å². The zero-order chi connectivity index (χ0) is 14.7. The predicted molar refractivity (Wildman–Crippen MR) is 71.9 cm³/mol. The maximum atomic E-state index is 13.8. The van der Waals surface area contributed by atoms with Crippen LogP contribution in [0.3, 0.4) is 0 Å². The van der Waals surface area contributed by atoms with Gasteiger partial charge in [0.1, 0.15) is 11.6 Å². The number of hydrogen-bond acceptors (Lipinski definition) is 3. The van der Waals surface area contributed by atoms with E-state index >= 15 is 0 Å². The van der Waals surface area contributed by atoms with Crippen molar-refractivity contribution in [2.24, 2.45) is 5.73 Å². The molecule has 2 rings (SSSR count). The average molecular weight is 279 g/mol. The van der Waals surface area contributed by atoms with E-state index in [1.165, 1.54) is 14.2 Å². The Balaban J connectivity index is 2.53. The summed E-state index contributed by atoms with van der Waals surface area (Å²) in [4.78, 5) is 0. The van der Waals surface area contributed by atoms with Crippen LogP contribution in [0.2, 0.25) is 0 Å². The summed E-state index contributed by atoms with van der Waals surface area (Å²) in [5.74, 6) is -0.217. The van der Waals surface area contributed by atoms with E-state index in [-0.39, 0.29) is 5.56 Å². The van der Waals surface area contributed by atoms with E-state index in [0.29, 0.717) is 17.1 Å². The third-order valence-corrected chi connectivity index (χ3v) is 3.06. The fourth-order valence-electron chi connectivity index (χ4n) is 2.08. The Morgan fingerprint density at radius 1 is 1.00 bits per heavy atom. The van der Waals surface area contributed by atoms with Crippen LogP contribution < -0.4 is 15.2 Å². The molecule has 0 saturated heterocycles. The molecule has 2 aromatic rings. The standard InChI is InChI=1S/C15H15F2NO2/c1-19-13-5-3-4-10(15(13)20-2)14(18)11-8-9(16)6-7-12(11)17/h3-8,14H,18H2,1-2H3. The van der Waals surface area contributed by atoms with E-state index in [2.05, 4.69) is 0 Å². The number of halogens is 2. The molecular formula is C15H15F2NO2. The highest BCUT2D eigenvalue weighted by Crippen LogP contribution is 2.36. The third-order valence-electron chi connectivity index (χ3n) is 3.06. The number of rotatable bonds is 4. The highest BCUT2D eigenvalue weighted by molar-refractivity contribution is 5.50. The lowest BCUT2D eigenvalue weighted by Crippen LogP contribution is -2.15. The molecule has 0 bridgehead atoms. The van der Waals surface area contributed by atoms with Crippen LogP contribution in [0, 0.1) is 11.6 Å². The van der Waals surface area contributed by atoms with Crippen LogP contribution in [0.1, 0.15) is 17.2 Å². The zero-order valence-corrected chi connectivity index (χ0v) is 11.2. The molecule has 106 valence electrons. The van der Waals surface area contributed by atoms with Gasteiger partial charge in [0.2, 0.25) is 0 Å². The van der Waals surface area contributed by atoms with Gasteiger partial charge in [-0.15, -0.1) is 0 Å². The lowest BCUT2D eigenvalue weighted by molar-refractivity contribution is 0.350. The Hall–Kier alpha value is -2.14. The van der Waals surface area contributed by atoms with Gasteiger partial charge in [-0.1, -0.05) is 12.1 Å². The van der Waals surface area contributed by atoms with Gasteiger partial charge in [-0.05, 0) is 24.3 Å². The van der Waals surface area contributed by atoms with Gasteiger partial charge in [0, 0.05) is 11.1 Å². The van der Waals surface area contributed by atoms with Gasteiger partial charge in [-0.25, -0.2) is 8.78 Å². The summed E-state index contributed by atoms with van der Waals surface area (Å²) < 4.78 is 37.5. The molecule has 0 aliphatic rings. The Bertz CT molecular complexity index is 617. The van der Waals surface area contributed by atoms with E-state index in [1.807, 2.05) is 0 Å². The van der Waals surface area contributed by atoms with Gasteiger partial charge in [-0.2, -0.15) is 0 Å². The molecule has 0 aromatic heterocycles. The summed E-state index contributed by atoms with van der Waals surface area (Å²) in [5, 5.41) is 0. The summed E-state index contributed by atoms with van der Waals surface area (Å²) in [6.45, 7) is 0. The molecular weight excluding hydrogens is 264 g/mol. The van der Waals surface area contributed by atoms with Gasteiger partial charge in [0.25, 0.3) is 0 Å². The summed E-state index contributed by atoms with van der Waals surface area (Å²) >= 11 is 0. The average Bonchev–Trinajstić information content (AvgIpc) is 2.48. The summed E-state index contributed by atoms with van der Waals surface area (Å²) in [6.07, 6.45) is 0. The number of hydrogen-bond donors (Lipinski definition) is 1. The number of ether oxygens (including phenoxy) is 2. The van der Waals surface area contributed by atoms with Crippen LogP contribution >= 0.6 is 0 Å². The van der Waals surface area contributed by atoms with Crippen LogP contribution in [0.5, 0.6) is 11.5 Å². The molecule has 0 radical (unpaired) electrons. The normalized spacial score (nSPS) is 12.1. The first-order valence-electron chi connectivity index (χ1n) is 6.00. The lowest BCUT2D eigenvalue weighted by Gasteiger charge is -2.18. The molecule has 1 atom stereocenters. The number of benzene rings is 2. The summed E-state index contributed by atoms with van der Waals surface area (Å²) in [5.41, 5.74) is 6.63. The van der Waals surface area contributed by atoms with Crippen molar-refractivity contribution in [1.82, 2.24) is 0 Å². The molecule has 3 nitrogen and oxygen atoms in total. The Morgan fingerprint density at radius 3 is 2.40 bits per heavy atom. The van der Waals surface area contributed by atoms with Crippen molar-refractivity contribution in [3.63, 3.8) is 0 Å². The maximum Gasteiger partial charge on any atom is 0.165 e. The maximum absolute atomic E-state index is 13.8. The molecule has 0 saturated carbocycles. The van der Waals surface area contributed by atoms with E-state index < -0.39 is 17.7 Å². The first-order chi connectivity index (χ1) is 9.58. The highest BCUT2D eigenvalue weighted by Gasteiger charge is 2.20. The summed E-state index contributed by atoms with van der Waals surface area (Å²) in [6, 6.07) is 7.45. The molecule has 5 heteroatoms. The van der Waals surface area contributed by atoms with E-state index in [4.69, 9.17) is 15.2 Å². The van der Waals surface area contributed by atoms with Gasteiger partial charge in [0.05, 0.1) is 20.3 Å². The second kappa shape index (κ2) is 5.88. The SMILES string of the molecule is COc1cccc(C(N)c2cc(F)ccc2F)c1OC. The van der Waals surface area contributed by atoms with Crippen molar-refractivity contribution in [2.75, 3.05) is 14.2 Å². The van der Waals surface area contributed by atoms with Gasteiger partial charge < -0.3 is 15.2 Å². The minimum Gasteiger partial charge on any atom is -0.493 e. The molecule has 0 aliphatic heterocycles. The molecule has 20 heavy (non-hydrogen) atoms. The number of nitrogens with two attached hydrogens (primary N) is 1. The Morgan fingerprint density at radius 2 is 1.75 bits per heavy atom. The van der Waals surface area contributed by atoms with Gasteiger partial charge in [-0.3, -0.25) is 0 Å². The molecule has 0 heterocycles. The van der Waals surface area contributed by atoms with Crippen molar-refractivity contribution < 1.29 is 18.3 Å². The molecule has 0 spiro atoms. The van der Waals surface area contributed by atoms with Crippen LogP contribution in [0.25, 0.3) is 0 Å². The Labute approximate surface area is 115 Å². The van der Waals surface area contributed by atoms with Crippen LogP contribution in [-0.2, 0) is 0 Å². The van der Waals surface area contributed by atoms with Gasteiger partial charge in [0.15, 0.2) is 11.5 Å². The molecule has 2 aromatic carbocycles. The number of para-hydroxylation sites is 1. The van der Waals surface area contributed by atoms with Crippen molar-refractivity contribution in [3.05, 3.63) is 59.2 Å². The van der Waals surface area contributed by atoms with Crippen LogP contribution in [0.15, 0.2) is 36.4 Å². The topological polar surface area (TPSA) is 44.5 Å². The van der Waals surface area contributed by atoms with E-state index in [1.54, 1.807) is 18.2 Å². The quantitative estimate of drug-likeness (QED) is 0.935. The molecule has 0 fully saturated rings. The minimum absolute atomic E-state index is 0.0663. The fourth-order valence-corrected chi connectivity index (χ4v) is 2.08. The first kappa shape index (κ1) is 14.3. The predicted octanol–water partition coefficient (Wildman–Crippen LogP) is 3.03. The van der Waals surface area contributed by atoms with E-state index in [0.717, 1.165) is 18.2 Å². The second-order valence-electron chi connectivity index (χ2n) is 4.23. The fraction of sp³-hybridized carbons (Fsp3) is 0.200. The van der Waals surface area contributed by atoms with Crippen molar-refractivity contribution in [3.8, 4) is 11.5 Å². The monoisotopic (exact) mass is 279 g/mol. The van der Waals surface area contributed by atoms with E-state index in [9.17, 15) is 8.78 Å². The molecule has 2 N–H and O–H groups in total. The highest BCUT2D eigenvalue weighted by atomic mass is 19.1. The zero-order valence-electron chi connectivity index (χ0n) is 11.2. The molecule has 0 amide bonds. The van der Waals surface area contributed by atoms with Crippen molar-refractivity contribution in [2.45, 2.75) is 6.04 Å². The third kappa shape index (κ3) is 2.58. The van der Waals surface area contributed by atoms with Crippen LogP contribution in [-0.4, -0.2) is 14.2 Å². The van der Waals surface area contributed by atoms with Crippen molar-refractivity contribution >= 4 is 0 Å². The largest absolute Gasteiger partial charge is 0.493 e. The first-order valence-corrected chi connectivity index (χ1v) is 6.00. The van der Waals surface area contributed by atoms with Crippen LogP contribution in [0.4, 0.5) is 8.78 Å². The smallest absolute Gasteiger partial charge is 0.165 e. The molecule has 0 aliphatic carbocycles. The summed E-state index contributed by atoms with van der Waals surface area (Å²) in [7, 11) is 2.96. The van der Waals surface area contributed by atoms with Crippen molar-refractivity contribution in [1.29, 1.82) is 0 Å². The number of methoxy groups -OCH3 is 2. The minimum atomic E-state index is -0.851. The second-order valence-corrected chi connectivity index (χ2v) is 4.23. The Kier molecular flexibility index (Phi) is 4.20. The lowest BCUT2D eigenvalue weighted by atomic mass is 9.97. The molecule has 1 unspecified atom stereocenters.